The lowest BCUT2D eigenvalue weighted by Crippen LogP contribution is -3.04. The molecule has 0 atom stereocenters. The first-order chi connectivity index (χ1) is 13.3. The van der Waals surface area contributed by atoms with Crippen molar-refractivity contribution in [3.8, 4) is 17.2 Å². The Morgan fingerprint density at radius 2 is 1.82 bits per heavy atom. The Labute approximate surface area is 161 Å². The fourth-order valence-electron chi connectivity index (χ4n) is 2.92. The average molecular weight is 383 g/mol. The predicted molar refractivity (Wildman–Crippen MR) is 101 cm³/mol. The number of hydrogen-bond donors (Lipinski definition) is 1. The number of carbonyl (C=O) groups is 1. The summed E-state index contributed by atoms with van der Waals surface area (Å²) in [5.41, 5.74) is 0.776. The summed E-state index contributed by atoms with van der Waals surface area (Å²) in [4.78, 5) is 25.5. The second-order valence-corrected chi connectivity index (χ2v) is 6.74. The zero-order chi connectivity index (χ0) is 20.4. The average Bonchev–Trinajstić information content (AvgIpc) is 2.67. The van der Waals surface area contributed by atoms with Crippen LogP contribution in [0.25, 0.3) is 11.0 Å². The van der Waals surface area contributed by atoms with Crippen LogP contribution in [0.3, 0.4) is 0 Å². The molecule has 0 radical (unpaired) electrons. The molecule has 0 amide bonds. The van der Waals surface area contributed by atoms with E-state index >= 15 is 0 Å². The highest BCUT2D eigenvalue weighted by molar-refractivity contribution is 5.89. The zero-order valence-electron chi connectivity index (χ0n) is 16.1. The predicted octanol–water partition coefficient (Wildman–Crippen LogP) is 1.40. The van der Waals surface area contributed by atoms with Crippen molar-refractivity contribution in [1.82, 2.24) is 0 Å². The van der Waals surface area contributed by atoms with Gasteiger partial charge in [-0.15, -0.1) is 0 Å². The van der Waals surface area contributed by atoms with Crippen molar-refractivity contribution in [3.63, 3.8) is 0 Å². The second-order valence-electron chi connectivity index (χ2n) is 6.74. The van der Waals surface area contributed by atoms with Crippen molar-refractivity contribution in [2.24, 2.45) is 0 Å². The molecule has 2 aromatic carbocycles. The largest absolute Gasteiger partial charge is 0.872 e. The van der Waals surface area contributed by atoms with Gasteiger partial charge in [-0.1, -0.05) is 11.8 Å². The van der Waals surface area contributed by atoms with Gasteiger partial charge < -0.3 is 23.9 Å². The molecule has 146 valence electrons. The van der Waals surface area contributed by atoms with Crippen LogP contribution in [0.5, 0.6) is 17.2 Å². The van der Waals surface area contributed by atoms with E-state index in [4.69, 9.17) is 9.15 Å². The van der Waals surface area contributed by atoms with Crippen molar-refractivity contribution < 1.29 is 28.7 Å². The van der Waals surface area contributed by atoms with Gasteiger partial charge in [-0.3, -0.25) is 4.79 Å². The number of ether oxygens (including phenoxy) is 2. The standard InChI is InChI=1S/C21H21NO6/c1-12-19(28-14-7-5-13(6-8-14)21(25)26-4)18(24)15-9-10-17(23)16(11-22(2)3)20(15)27-12/h5-10,23H,11H2,1-4H3. The minimum Gasteiger partial charge on any atom is -0.872 e. The summed E-state index contributed by atoms with van der Waals surface area (Å²) in [6, 6.07) is 9.06. The van der Waals surface area contributed by atoms with Crippen molar-refractivity contribution in [3.05, 3.63) is 63.5 Å². The molecule has 3 rings (SSSR count). The monoisotopic (exact) mass is 383 g/mol. The molecule has 3 aromatic rings. The fraction of sp³-hybridized carbons (Fsp3) is 0.238. The molecule has 7 heteroatoms. The number of hydrogen-bond acceptors (Lipinski definition) is 6. The van der Waals surface area contributed by atoms with Crippen LogP contribution in [0.2, 0.25) is 0 Å². The lowest BCUT2D eigenvalue weighted by Gasteiger charge is -2.18. The molecule has 0 aliphatic carbocycles. The summed E-state index contributed by atoms with van der Waals surface area (Å²) >= 11 is 0. The van der Waals surface area contributed by atoms with Crippen LogP contribution in [0.1, 0.15) is 21.7 Å². The summed E-state index contributed by atoms with van der Waals surface area (Å²) in [5, 5.41) is 12.5. The van der Waals surface area contributed by atoms with E-state index in [-0.39, 0.29) is 22.7 Å². The van der Waals surface area contributed by atoms with Crippen molar-refractivity contribution in [1.29, 1.82) is 0 Å². The molecule has 1 N–H and O–H groups in total. The Morgan fingerprint density at radius 1 is 1.14 bits per heavy atom. The van der Waals surface area contributed by atoms with Gasteiger partial charge in [-0.25, -0.2) is 4.79 Å². The lowest BCUT2D eigenvalue weighted by molar-refractivity contribution is -0.872. The molecule has 0 aliphatic heterocycles. The Kier molecular flexibility index (Phi) is 5.37. The Morgan fingerprint density at radius 3 is 2.43 bits per heavy atom. The summed E-state index contributed by atoms with van der Waals surface area (Å²) in [5.74, 6) is 0.0660. The highest BCUT2D eigenvalue weighted by Gasteiger charge is 2.18. The number of benzene rings is 2. The normalized spacial score (nSPS) is 11.0. The van der Waals surface area contributed by atoms with Gasteiger partial charge in [-0.05, 0) is 37.3 Å². The summed E-state index contributed by atoms with van der Waals surface area (Å²) < 4.78 is 16.2. The van der Waals surface area contributed by atoms with Crippen molar-refractivity contribution in [2.75, 3.05) is 21.2 Å². The van der Waals surface area contributed by atoms with E-state index < -0.39 is 5.97 Å². The van der Waals surface area contributed by atoms with Crippen LogP contribution in [-0.4, -0.2) is 27.2 Å². The first-order valence-corrected chi connectivity index (χ1v) is 8.73. The smallest absolute Gasteiger partial charge is 0.337 e. The van der Waals surface area contributed by atoms with Crippen LogP contribution in [-0.2, 0) is 11.3 Å². The third-order valence-corrected chi connectivity index (χ3v) is 4.27. The minimum atomic E-state index is -0.461. The number of fused-ring (bicyclic) bond motifs is 1. The van der Waals surface area contributed by atoms with Gasteiger partial charge in [0.25, 0.3) is 0 Å². The van der Waals surface area contributed by atoms with Gasteiger partial charge in [-0.2, -0.15) is 0 Å². The number of esters is 1. The van der Waals surface area contributed by atoms with Crippen LogP contribution >= 0.6 is 0 Å². The van der Waals surface area contributed by atoms with Crippen LogP contribution in [0.4, 0.5) is 0 Å². The van der Waals surface area contributed by atoms with E-state index in [1.165, 1.54) is 19.2 Å². The van der Waals surface area contributed by atoms with Crippen LogP contribution in [0.15, 0.2) is 45.6 Å². The quantitative estimate of drug-likeness (QED) is 0.670. The number of methoxy groups -OCH3 is 1. The topological polar surface area (TPSA) is 93.2 Å². The first kappa shape index (κ1) is 19.4. The van der Waals surface area contributed by atoms with Gasteiger partial charge in [0.1, 0.15) is 23.6 Å². The molecular weight excluding hydrogens is 362 g/mol. The van der Waals surface area contributed by atoms with Gasteiger partial charge in [0.15, 0.2) is 0 Å². The van der Waals surface area contributed by atoms with Gasteiger partial charge in [0.2, 0.25) is 11.2 Å². The molecule has 0 unspecified atom stereocenters. The molecule has 28 heavy (non-hydrogen) atoms. The second kappa shape index (κ2) is 7.74. The fourth-order valence-corrected chi connectivity index (χ4v) is 2.92. The Bertz CT molecular complexity index is 1080. The van der Waals surface area contributed by atoms with Crippen molar-refractivity contribution in [2.45, 2.75) is 13.5 Å². The number of aryl methyl sites for hydroxylation is 1. The number of carbonyl (C=O) groups excluding carboxylic acids is 1. The molecule has 0 bridgehead atoms. The van der Waals surface area contributed by atoms with E-state index in [9.17, 15) is 14.7 Å². The highest BCUT2D eigenvalue weighted by Crippen LogP contribution is 2.29. The summed E-state index contributed by atoms with van der Waals surface area (Å²) in [6.07, 6.45) is 0. The molecule has 0 saturated heterocycles. The lowest BCUT2D eigenvalue weighted by atomic mass is 10.1. The SMILES string of the molecule is COC(=O)c1ccc(Oc2c(C)oc3c(C[NH+](C)C)c([O-])ccc3c2=O)cc1. The maximum absolute atomic E-state index is 13.0. The maximum Gasteiger partial charge on any atom is 0.337 e. The third kappa shape index (κ3) is 3.70. The molecule has 0 fully saturated rings. The van der Waals surface area contributed by atoms with Crippen molar-refractivity contribution >= 4 is 16.9 Å². The summed E-state index contributed by atoms with van der Waals surface area (Å²) in [7, 11) is 5.13. The van der Waals surface area contributed by atoms with Crippen LogP contribution < -0.4 is 20.2 Å². The summed E-state index contributed by atoms with van der Waals surface area (Å²) in [6.45, 7) is 2.05. The van der Waals surface area contributed by atoms with E-state index in [1.54, 1.807) is 31.2 Å². The third-order valence-electron chi connectivity index (χ3n) is 4.27. The number of quaternary nitrogens is 1. The van der Waals surface area contributed by atoms with Gasteiger partial charge >= 0.3 is 5.97 Å². The van der Waals surface area contributed by atoms with Crippen LogP contribution in [0, 0.1) is 6.92 Å². The number of nitrogens with one attached hydrogen (secondary N) is 1. The number of rotatable bonds is 5. The Balaban J connectivity index is 2.04. The Hall–Kier alpha value is -3.32. The molecule has 1 aromatic heterocycles. The highest BCUT2D eigenvalue weighted by atomic mass is 16.5. The molecule has 7 nitrogen and oxygen atoms in total. The van der Waals surface area contributed by atoms with Gasteiger partial charge in [0.05, 0.1) is 32.2 Å². The zero-order valence-corrected chi connectivity index (χ0v) is 16.1. The minimum absolute atomic E-state index is 0.0418. The molecule has 1 heterocycles. The molecular formula is C21H21NO6. The van der Waals surface area contributed by atoms with E-state index in [1.807, 2.05) is 14.1 Å². The molecule has 0 saturated carbocycles. The van der Waals surface area contributed by atoms with E-state index in [0.29, 0.717) is 34.4 Å². The first-order valence-electron chi connectivity index (χ1n) is 8.73. The van der Waals surface area contributed by atoms with Gasteiger partial charge in [0, 0.05) is 5.56 Å². The molecule has 0 spiro atoms. The maximum atomic E-state index is 13.0. The molecule has 0 aliphatic rings. The van der Waals surface area contributed by atoms with E-state index in [2.05, 4.69) is 4.74 Å². The van der Waals surface area contributed by atoms with E-state index in [0.717, 1.165) is 4.90 Å².